The van der Waals surface area contributed by atoms with Crippen LogP contribution in [0.3, 0.4) is 0 Å². The zero-order chi connectivity index (χ0) is 14.9. The molecule has 104 valence electrons. The quantitative estimate of drug-likeness (QED) is 0.714. The van der Waals surface area contributed by atoms with Crippen molar-refractivity contribution in [3.63, 3.8) is 0 Å². The Hall–Kier alpha value is -0.990. The molecule has 0 unspecified atom stereocenters. The summed E-state index contributed by atoms with van der Waals surface area (Å²) < 4.78 is 27.5. The first-order chi connectivity index (χ1) is 9.40. The van der Waals surface area contributed by atoms with Gasteiger partial charge >= 0.3 is 0 Å². The summed E-state index contributed by atoms with van der Waals surface area (Å²) in [5.41, 5.74) is -0.653. The first-order valence-electron chi connectivity index (χ1n) is 5.15. The van der Waals surface area contributed by atoms with Gasteiger partial charge < -0.3 is 5.32 Å². The van der Waals surface area contributed by atoms with Gasteiger partial charge in [0.1, 0.15) is 5.69 Å². The molecule has 8 heteroatoms. The van der Waals surface area contributed by atoms with Crippen molar-refractivity contribution in [2.24, 2.45) is 0 Å². The number of carbonyl (C=O) groups excluding carboxylic acids is 1. The van der Waals surface area contributed by atoms with Crippen molar-refractivity contribution in [1.82, 2.24) is 4.98 Å². The molecule has 1 N–H and O–H groups in total. The number of rotatable bonds is 2. The Morgan fingerprint density at radius 3 is 2.15 bits per heavy atom. The average Bonchev–Trinajstić information content (AvgIpc) is 2.32. The number of hydrogen-bond donors (Lipinski definition) is 1. The minimum absolute atomic E-state index is 0.0515. The van der Waals surface area contributed by atoms with E-state index in [0.717, 1.165) is 16.0 Å². The van der Waals surface area contributed by atoms with E-state index in [0.29, 0.717) is 0 Å². The number of pyridine rings is 1. The normalized spacial score (nSPS) is 10.4. The van der Waals surface area contributed by atoms with Gasteiger partial charge in [-0.25, -0.2) is 8.78 Å². The monoisotopic (exact) mass is 428 g/mol. The van der Waals surface area contributed by atoms with Gasteiger partial charge in [-0.1, -0.05) is 23.2 Å². The molecule has 20 heavy (non-hydrogen) atoms. The predicted octanol–water partition coefficient (Wildman–Crippen LogP) is 4.52. The van der Waals surface area contributed by atoms with Crippen LogP contribution in [-0.2, 0) is 0 Å². The summed E-state index contributed by atoms with van der Waals surface area (Å²) in [4.78, 5) is 15.4. The molecular weight excluding hydrogens is 424 g/mol. The number of halogens is 5. The SMILES string of the molecule is O=C(Nc1c(F)cncc1F)c1c(Cl)cc(I)cc1Cl. The first kappa shape index (κ1) is 15.4. The lowest BCUT2D eigenvalue weighted by Crippen LogP contribution is -2.15. The Balaban J connectivity index is 2.39. The lowest BCUT2D eigenvalue weighted by atomic mass is 10.2. The number of amides is 1. The molecule has 0 aliphatic rings. The van der Waals surface area contributed by atoms with Crippen molar-refractivity contribution in [2.45, 2.75) is 0 Å². The number of hydrogen-bond acceptors (Lipinski definition) is 2. The molecule has 0 bridgehead atoms. The second-order valence-electron chi connectivity index (χ2n) is 3.68. The van der Waals surface area contributed by atoms with E-state index in [4.69, 9.17) is 23.2 Å². The van der Waals surface area contributed by atoms with Gasteiger partial charge in [-0.3, -0.25) is 9.78 Å². The fourth-order valence-electron chi connectivity index (χ4n) is 1.47. The van der Waals surface area contributed by atoms with E-state index in [1.165, 1.54) is 12.1 Å². The van der Waals surface area contributed by atoms with Crippen molar-refractivity contribution < 1.29 is 13.6 Å². The molecule has 0 saturated carbocycles. The maximum atomic E-state index is 13.4. The topological polar surface area (TPSA) is 42.0 Å². The third kappa shape index (κ3) is 3.18. The smallest absolute Gasteiger partial charge is 0.258 e. The molecule has 0 atom stereocenters. The molecular formula is C12H5Cl2F2IN2O. The van der Waals surface area contributed by atoms with Crippen molar-refractivity contribution in [3.8, 4) is 0 Å². The summed E-state index contributed by atoms with van der Waals surface area (Å²) in [6.07, 6.45) is 1.58. The lowest BCUT2D eigenvalue weighted by Gasteiger charge is -2.10. The van der Waals surface area contributed by atoms with Gasteiger partial charge in [0, 0.05) is 3.57 Å². The van der Waals surface area contributed by atoms with E-state index < -0.39 is 23.2 Å². The Morgan fingerprint density at radius 2 is 1.65 bits per heavy atom. The van der Waals surface area contributed by atoms with Gasteiger partial charge in [-0.2, -0.15) is 0 Å². The van der Waals surface area contributed by atoms with E-state index in [2.05, 4.69) is 10.3 Å². The van der Waals surface area contributed by atoms with Gasteiger partial charge in [0.05, 0.1) is 28.0 Å². The average molecular weight is 429 g/mol. The van der Waals surface area contributed by atoms with Crippen LogP contribution in [0.2, 0.25) is 10.0 Å². The maximum Gasteiger partial charge on any atom is 0.258 e. The summed E-state index contributed by atoms with van der Waals surface area (Å²) in [5.74, 6) is -2.78. The molecule has 1 amide bonds. The van der Waals surface area contributed by atoms with Crippen LogP contribution in [0.15, 0.2) is 24.5 Å². The molecule has 0 aliphatic carbocycles. The number of nitrogens with zero attached hydrogens (tertiary/aromatic N) is 1. The fourth-order valence-corrected chi connectivity index (χ4v) is 3.12. The molecule has 0 spiro atoms. The molecule has 2 rings (SSSR count). The Bertz CT molecular complexity index is 654. The first-order valence-corrected chi connectivity index (χ1v) is 6.98. The largest absolute Gasteiger partial charge is 0.317 e. The molecule has 2 aromatic rings. The highest BCUT2D eigenvalue weighted by molar-refractivity contribution is 14.1. The highest BCUT2D eigenvalue weighted by Crippen LogP contribution is 2.29. The summed E-state index contributed by atoms with van der Waals surface area (Å²) in [6, 6.07) is 3.03. The third-order valence-corrected chi connectivity index (χ3v) is 3.54. The standard InChI is InChI=1S/C12H5Cl2F2IN2O/c13-6-1-5(17)2-7(14)10(6)12(20)19-11-8(15)3-18-4-9(11)16/h1-4H,(H,18,19,20). The Morgan fingerprint density at radius 1 is 1.15 bits per heavy atom. The van der Waals surface area contributed by atoms with Gasteiger partial charge in [-0.05, 0) is 34.7 Å². The van der Waals surface area contributed by atoms with Crippen LogP contribution in [-0.4, -0.2) is 10.9 Å². The summed E-state index contributed by atoms with van der Waals surface area (Å²) in [7, 11) is 0. The molecule has 1 aromatic carbocycles. The minimum atomic E-state index is -0.990. The van der Waals surface area contributed by atoms with Crippen LogP contribution in [0.1, 0.15) is 10.4 Å². The predicted molar refractivity (Wildman–Crippen MR) is 81.3 cm³/mol. The zero-order valence-corrected chi connectivity index (χ0v) is 13.2. The number of carbonyl (C=O) groups is 1. The molecule has 3 nitrogen and oxygen atoms in total. The molecule has 1 aromatic heterocycles. The van der Waals surface area contributed by atoms with Crippen molar-refractivity contribution in [1.29, 1.82) is 0 Å². The highest BCUT2D eigenvalue weighted by atomic mass is 127. The Kier molecular flexibility index (Phi) is 4.77. The van der Waals surface area contributed by atoms with E-state index in [1.54, 1.807) is 0 Å². The van der Waals surface area contributed by atoms with Gasteiger partial charge in [0.2, 0.25) is 0 Å². The fraction of sp³-hybridized carbons (Fsp3) is 0. The van der Waals surface area contributed by atoms with Gasteiger partial charge in [0.25, 0.3) is 5.91 Å². The second kappa shape index (κ2) is 6.19. The molecule has 0 radical (unpaired) electrons. The second-order valence-corrected chi connectivity index (χ2v) is 5.74. The van der Waals surface area contributed by atoms with Gasteiger partial charge in [0.15, 0.2) is 11.6 Å². The number of benzene rings is 1. The third-order valence-electron chi connectivity index (χ3n) is 2.33. The number of nitrogens with one attached hydrogen (secondary N) is 1. The van der Waals surface area contributed by atoms with Crippen molar-refractivity contribution in [2.75, 3.05) is 5.32 Å². The zero-order valence-electron chi connectivity index (χ0n) is 9.55. The summed E-state index contributed by atoms with van der Waals surface area (Å²) in [5, 5.41) is 2.28. The molecule has 1 heterocycles. The maximum absolute atomic E-state index is 13.4. The van der Waals surface area contributed by atoms with E-state index in [9.17, 15) is 13.6 Å². The van der Waals surface area contributed by atoms with E-state index >= 15 is 0 Å². The minimum Gasteiger partial charge on any atom is -0.317 e. The molecule has 0 fully saturated rings. The summed E-state index contributed by atoms with van der Waals surface area (Å²) >= 11 is 13.8. The van der Waals surface area contributed by atoms with Crippen LogP contribution >= 0.6 is 45.8 Å². The summed E-state index contributed by atoms with van der Waals surface area (Å²) in [6.45, 7) is 0. The van der Waals surface area contributed by atoms with Crippen molar-refractivity contribution in [3.05, 3.63) is 55.3 Å². The van der Waals surface area contributed by atoms with E-state index in [1.807, 2.05) is 22.6 Å². The van der Waals surface area contributed by atoms with Crippen LogP contribution in [0.25, 0.3) is 0 Å². The highest BCUT2D eigenvalue weighted by Gasteiger charge is 2.19. The van der Waals surface area contributed by atoms with Crippen LogP contribution in [0.4, 0.5) is 14.5 Å². The van der Waals surface area contributed by atoms with Crippen LogP contribution < -0.4 is 5.32 Å². The number of anilines is 1. The van der Waals surface area contributed by atoms with Crippen LogP contribution in [0.5, 0.6) is 0 Å². The molecule has 0 saturated heterocycles. The number of aromatic nitrogens is 1. The van der Waals surface area contributed by atoms with Gasteiger partial charge in [-0.15, -0.1) is 0 Å². The van der Waals surface area contributed by atoms with Crippen molar-refractivity contribution >= 4 is 57.4 Å². The van der Waals surface area contributed by atoms with Crippen LogP contribution in [0, 0.1) is 15.2 Å². The molecule has 0 aliphatic heterocycles. The Labute approximate surface area is 136 Å². The van der Waals surface area contributed by atoms with E-state index in [-0.39, 0.29) is 15.6 Å². The lowest BCUT2D eigenvalue weighted by molar-refractivity contribution is 0.102.